The maximum Gasteiger partial charge on any atom is 0.305 e. The highest BCUT2D eigenvalue weighted by atomic mass is 16.7. The molecule has 14 atom stereocenters. The van der Waals surface area contributed by atoms with E-state index in [4.69, 9.17) is 28.4 Å². The summed E-state index contributed by atoms with van der Waals surface area (Å²) in [7, 11) is 0. The number of rotatable bonds is 8. The number of benzene rings is 10. The van der Waals surface area contributed by atoms with E-state index in [9.17, 15) is 123 Å². The van der Waals surface area contributed by atoms with Crippen molar-refractivity contribution in [1.82, 2.24) is 0 Å². The predicted octanol–water partition coefficient (Wildman–Crippen LogP) is 7.14. The minimum Gasteiger partial charge on any atom is -0.508 e. The minimum atomic E-state index is -2.61. The summed E-state index contributed by atoms with van der Waals surface area (Å²) in [5.74, 6) is -28.4. The molecule has 0 saturated heterocycles. The zero-order valence-electron chi connectivity index (χ0n) is 53.5. The molecule has 10 aromatic rings. The maximum absolute atomic E-state index is 13.4. The fourth-order valence-electron chi connectivity index (χ4n) is 15.8. The summed E-state index contributed by atoms with van der Waals surface area (Å²) in [5.41, 5.74) is -5.02. The summed E-state index contributed by atoms with van der Waals surface area (Å²) in [6.07, 6.45) is -18.0. The van der Waals surface area contributed by atoms with Crippen LogP contribution in [0.2, 0.25) is 0 Å². The smallest absolute Gasteiger partial charge is 0.305 e. The summed E-state index contributed by atoms with van der Waals surface area (Å²) in [5, 5.41) is 282. The standard InChI is InChI=1S/C75H60O30/c76-28-16-42(88)52-50(17-28)104-75(27-5-10-35(81)41(87)15-27)74(99)51(52)30-19-43(89)58-61(64(98)68(103-73(58)70(30)105-75)26-4-9-34(80)40(86)14-26)57-48(94)22-47(93)56-60(63(97)67(102-72(56)57)25-3-8-33(79)39(85)13-25)55-46(92)21-45(91)54-59(62(96)66(101-71(54)55)24-2-7-32(78)38(84)12-24)53-44(90)20-36(82)29-18-49(95)65(100-69(29)53)23-1-6-31(77)37(83)11-23/h1-17,19-22,49,51,59-68,74,76-99H,18H2. The lowest BCUT2D eigenvalue weighted by Gasteiger charge is -2.51. The van der Waals surface area contributed by atoms with Gasteiger partial charge in [-0.1, -0.05) is 24.3 Å². The molecule has 24 N–H and O–H groups in total. The van der Waals surface area contributed by atoms with Gasteiger partial charge >= 0.3 is 5.79 Å². The van der Waals surface area contributed by atoms with E-state index in [1.807, 2.05) is 0 Å². The Morgan fingerprint density at radius 1 is 0.276 bits per heavy atom. The maximum atomic E-state index is 13.4. The van der Waals surface area contributed by atoms with Crippen molar-refractivity contribution < 1.29 is 151 Å². The Labute approximate surface area is 588 Å². The van der Waals surface area contributed by atoms with Crippen LogP contribution in [0.4, 0.5) is 0 Å². The van der Waals surface area contributed by atoms with Gasteiger partial charge in [0, 0.05) is 86.8 Å². The van der Waals surface area contributed by atoms with E-state index in [0.29, 0.717) is 12.1 Å². The average molecular weight is 1440 g/mol. The van der Waals surface area contributed by atoms with Crippen LogP contribution in [0.1, 0.15) is 126 Å². The SMILES string of the molecule is Oc1cc(O)c2c(c1)OC1(c3ccc(O)c(O)c3)Oc3c(cc(O)c4c3OC(c3ccc(O)c(O)c3)C(O)C4c3c(O)cc(O)c4c3OC(c3ccc(O)c(O)c3)C(O)C4c3c(O)cc(O)c4c3OC(c3ccc(O)c(O)c3)C(O)C4c3c(O)cc(O)c4c3OC(c3ccc(O)c(O)c3)C(O)C4)C2C1O. The molecule has 0 aliphatic carbocycles. The zero-order chi connectivity index (χ0) is 74.3. The topological polar surface area (TPSA) is 541 Å². The fraction of sp³-hybridized carbons (Fsp3) is 0.200. The van der Waals surface area contributed by atoms with E-state index < -0.39 is 262 Å². The van der Waals surface area contributed by atoms with E-state index >= 15 is 0 Å². The second kappa shape index (κ2) is 23.5. The van der Waals surface area contributed by atoms with Gasteiger partial charge in [-0.2, -0.15) is 0 Å². The van der Waals surface area contributed by atoms with Crippen LogP contribution in [0.25, 0.3) is 0 Å². The van der Waals surface area contributed by atoms with Crippen molar-refractivity contribution in [3.63, 3.8) is 0 Å². The van der Waals surface area contributed by atoms with E-state index in [-0.39, 0.29) is 50.3 Å². The van der Waals surface area contributed by atoms with Crippen molar-refractivity contribution >= 4 is 0 Å². The third-order valence-electron chi connectivity index (χ3n) is 20.5. The number of phenols is 19. The van der Waals surface area contributed by atoms with E-state index in [0.717, 1.165) is 91.0 Å². The molecule has 105 heavy (non-hydrogen) atoms. The molecule has 6 aliphatic heterocycles. The van der Waals surface area contributed by atoms with Gasteiger partial charge in [-0.05, 0) is 95.1 Å². The molecule has 0 spiro atoms. The third kappa shape index (κ3) is 9.89. The average Bonchev–Trinajstić information content (AvgIpc) is 0.694. The molecule has 0 saturated carbocycles. The number of aliphatic hydroxyl groups excluding tert-OH is 5. The Kier molecular flexibility index (Phi) is 14.9. The fourth-order valence-corrected chi connectivity index (χ4v) is 15.8. The Morgan fingerprint density at radius 2 is 0.629 bits per heavy atom. The first-order chi connectivity index (χ1) is 49.9. The number of hydrogen-bond acceptors (Lipinski definition) is 30. The highest BCUT2D eigenvalue weighted by Crippen LogP contribution is 2.68. The Morgan fingerprint density at radius 3 is 1.06 bits per heavy atom. The lowest BCUT2D eigenvalue weighted by molar-refractivity contribution is -0.219. The number of ether oxygens (including phenoxy) is 6. The quantitative estimate of drug-likeness (QED) is 0.0672. The summed E-state index contributed by atoms with van der Waals surface area (Å²) in [6.45, 7) is 0. The number of aliphatic hydroxyl groups is 5. The monoisotopic (exact) mass is 1440 g/mol. The lowest BCUT2D eigenvalue weighted by Crippen LogP contribution is -2.57. The number of hydrogen-bond donors (Lipinski definition) is 24. The van der Waals surface area contributed by atoms with Crippen molar-refractivity contribution in [1.29, 1.82) is 0 Å². The number of aromatic hydroxyl groups is 19. The second-order valence-corrected chi connectivity index (χ2v) is 26.5. The van der Waals surface area contributed by atoms with Crippen molar-refractivity contribution in [2.24, 2.45) is 0 Å². The normalized spacial score (nSPS) is 25.1. The summed E-state index contributed by atoms with van der Waals surface area (Å²) in [4.78, 5) is 0. The van der Waals surface area contributed by atoms with Gasteiger partial charge in [0.15, 0.2) is 87.3 Å². The largest absolute Gasteiger partial charge is 0.508 e. The van der Waals surface area contributed by atoms with Crippen molar-refractivity contribution in [3.8, 4) is 144 Å². The predicted molar refractivity (Wildman–Crippen MR) is 354 cm³/mol. The molecule has 0 radical (unpaired) electrons. The Hall–Kier alpha value is -13.0. The summed E-state index contributed by atoms with van der Waals surface area (Å²) < 4.78 is 40.0. The molecule has 14 unspecified atom stereocenters. The lowest BCUT2D eigenvalue weighted by atomic mass is 9.71. The van der Waals surface area contributed by atoms with Gasteiger partial charge in [-0.3, -0.25) is 0 Å². The van der Waals surface area contributed by atoms with E-state index in [1.54, 1.807) is 0 Å². The molecule has 16 rings (SSSR count). The molecular formula is C75H60O30. The molecule has 540 valence electrons. The summed E-state index contributed by atoms with van der Waals surface area (Å²) in [6, 6.07) is 21.3. The van der Waals surface area contributed by atoms with Crippen molar-refractivity contribution in [3.05, 3.63) is 205 Å². The van der Waals surface area contributed by atoms with Crippen molar-refractivity contribution in [2.75, 3.05) is 0 Å². The van der Waals surface area contributed by atoms with Gasteiger partial charge in [0.25, 0.3) is 0 Å². The van der Waals surface area contributed by atoms with Gasteiger partial charge < -0.3 is 151 Å². The highest BCUT2D eigenvalue weighted by Gasteiger charge is 2.62. The Balaban J connectivity index is 0.964. The van der Waals surface area contributed by atoms with Crippen LogP contribution in [0, 0.1) is 0 Å². The van der Waals surface area contributed by atoms with Crippen LogP contribution in [0.5, 0.6) is 144 Å². The van der Waals surface area contributed by atoms with Crippen LogP contribution in [0.15, 0.2) is 127 Å². The first-order valence-electron chi connectivity index (χ1n) is 32.2. The molecule has 0 fully saturated rings. The van der Waals surface area contributed by atoms with Gasteiger partial charge in [-0.25, -0.2) is 0 Å². The highest BCUT2D eigenvalue weighted by molar-refractivity contribution is 5.76. The first-order valence-corrected chi connectivity index (χ1v) is 32.2. The Bertz CT molecular complexity index is 5350. The minimum absolute atomic E-state index is 0.0360. The second-order valence-electron chi connectivity index (χ2n) is 26.5. The molecule has 6 aliphatic rings. The molecule has 30 heteroatoms. The van der Waals surface area contributed by atoms with Crippen LogP contribution in [-0.2, 0) is 12.2 Å². The summed E-state index contributed by atoms with van der Waals surface area (Å²) >= 11 is 0. The third-order valence-corrected chi connectivity index (χ3v) is 20.5. The van der Waals surface area contributed by atoms with Gasteiger partial charge in [0.2, 0.25) is 0 Å². The molecule has 2 bridgehead atoms. The van der Waals surface area contributed by atoms with Crippen molar-refractivity contribution in [2.45, 2.75) is 90.8 Å². The number of phenolic OH excluding ortho intramolecular Hbond substituents is 19. The van der Waals surface area contributed by atoms with Gasteiger partial charge in [-0.15, -0.1) is 0 Å². The zero-order valence-corrected chi connectivity index (χ0v) is 53.5. The molecule has 6 heterocycles. The molecular weight excluding hydrogens is 1380 g/mol. The van der Waals surface area contributed by atoms with Crippen LogP contribution in [-0.4, -0.2) is 153 Å². The molecule has 10 aromatic carbocycles. The molecule has 0 aromatic heterocycles. The van der Waals surface area contributed by atoms with E-state index in [1.165, 1.54) is 24.3 Å². The van der Waals surface area contributed by atoms with E-state index in [2.05, 4.69) is 0 Å². The molecule has 30 nitrogen and oxygen atoms in total. The molecule has 0 amide bonds. The van der Waals surface area contributed by atoms with Crippen LogP contribution < -0.4 is 28.4 Å². The van der Waals surface area contributed by atoms with Gasteiger partial charge in [0.05, 0.1) is 35.3 Å². The van der Waals surface area contributed by atoms with Gasteiger partial charge in [0.1, 0.15) is 105 Å². The number of fused-ring (bicyclic) bond motifs is 11. The van der Waals surface area contributed by atoms with Crippen LogP contribution in [0.3, 0.4) is 0 Å². The van der Waals surface area contributed by atoms with Crippen LogP contribution >= 0.6 is 0 Å². The first kappa shape index (κ1) is 66.5.